The molecule has 4 aromatic rings. The maximum Gasteiger partial charge on any atom is 0.333 e. The predicted molar refractivity (Wildman–Crippen MR) is 142 cm³/mol. The number of amides is 1. The number of rotatable bonds is 5. The first-order chi connectivity index (χ1) is 16.8. The Hall–Kier alpha value is -3.16. The largest absolute Gasteiger partial charge is 0.333 e. The first kappa shape index (κ1) is 23.6. The number of carbonyl (C=O) groups excluding carboxylic acids is 1. The van der Waals surface area contributed by atoms with Gasteiger partial charge in [-0.25, -0.2) is 4.79 Å². The molecule has 35 heavy (non-hydrogen) atoms. The van der Waals surface area contributed by atoms with Gasteiger partial charge in [0.05, 0.1) is 11.4 Å². The fourth-order valence-corrected chi connectivity index (χ4v) is 6.32. The molecule has 1 aliphatic carbocycles. The molecule has 1 N–H and O–H groups in total. The van der Waals surface area contributed by atoms with Crippen LogP contribution < -0.4 is 16.6 Å². The molecular weight excluding hydrogens is 482 g/mol. The molecule has 0 bridgehead atoms. The molecule has 0 saturated carbocycles. The summed E-state index contributed by atoms with van der Waals surface area (Å²) < 4.78 is 2.76. The van der Waals surface area contributed by atoms with E-state index in [2.05, 4.69) is 5.32 Å². The SMILES string of the molecule is Cc1ccc(NC(=O)Cn2c(=O)n(C(C)c3ccccc3)c(=O)c3c4c(sc32)CCCC4)cc1Cl. The second-order valence-electron chi connectivity index (χ2n) is 9.03. The third-order valence-electron chi connectivity index (χ3n) is 6.69. The second-order valence-corrected chi connectivity index (χ2v) is 10.5. The van der Waals surface area contributed by atoms with Crippen LogP contribution in [0.1, 0.15) is 47.4 Å². The number of halogens is 1. The number of nitrogens with zero attached hydrogens (tertiary/aromatic N) is 2. The highest BCUT2D eigenvalue weighted by Crippen LogP contribution is 2.34. The van der Waals surface area contributed by atoms with Crippen molar-refractivity contribution in [2.45, 2.75) is 52.1 Å². The Morgan fingerprint density at radius 1 is 1.11 bits per heavy atom. The van der Waals surface area contributed by atoms with Gasteiger partial charge in [0.25, 0.3) is 5.56 Å². The van der Waals surface area contributed by atoms with E-state index in [0.717, 1.165) is 47.3 Å². The Labute approximate surface area is 211 Å². The van der Waals surface area contributed by atoms with E-state index >= 15 is 0 Å². The van der Waals surface area contributed by atoms with E-state index in [4.69, 9.17) is 11.6 Å². The Balaban J connectivity index is 1.63. The quantitative estimate of drug-likeness (QED) is 0.397. The Morgan fingerprint density at radius 2 is 1.86 bits per heavy atom. The average molecular weight is 508 g/mol. The van der Waals surface area contributed by atoms with Gasteiger partial charge in [-0.3, -0.25) is 18.7 Å². The summed E-state index contributed by atoms with van der Waals surface area (Å²) in [6, 6.07) is 14.3. The predicted octanol–water partition coefficient (Wildman–Crippen LogP) is 5.31. The van der Waals surface area contributed by atoms with Gasteiger partial charge in [-0.2, -0.15) is 0 Å². The molecule has 5 rings (SSSR count). The van der Waals surface area contributed by atoms with Crippen LogP contribution in [0.4, 0.5) is 5.69 Å². The van der Waals surface area contributed by atoms with E-state index in [-0.39, 0.29) is 18.0 Å². The summed E-state index contributed by atoms with van der Waals surface area (Å²) in [6.07, 6.45) is 3.79. The van der Waals surface area contributed by atoms with Gasteiger partial charge in [0.15, 0.2) is 0 Å². The fraction of sp³-hybridized carbons (Fsp3) is 0.296. The minimum atomic E-state index is -0.477. The van der Waals surface area contributed by atoms with Gasteiger partial charge < -0.3 is 5.32 Å². The third kappa shape index (κ3) is 4.34. The molecule has 1 unspecified atom stereocenters. The Morgan fingerprint density at radius 3 is 2.60 bits per heavy atom. The summed E-state index contributed by atoms with van der Waals surface area (Å²) in [5.74, 6) is -0.350. The summed E-state index contributed by atoms with van der Waals surface area (Å²) in [4.78, 5) is 42.3. The molecule has 2 aromatic carbocycles. The van der Waals surface area contributed by atoms with Gasteiger partial charge in [0.2, 0.25) is 5.91 Å². The van der Waals surface area contributed by atoms with Crippen LogP contribution in [-0.2, 0) is 24.2 Å². The number of hydrogen-bond acceptors (Lipinski definition) is 4. The number of fused-ring (bicyclic) bond motifs is 3. The third-order valence-corrected chi connectivity index (χ3v) is 8.42. The normalized spacial score (nSPS) is 14.0. The highest BCUT2D eigenvalue weighted by Gasteiger charge is 2.26. The van der Waals surface area contributed by atoms with Crippen molar-refractivity contribution in [1.29, 1.82) is 0 Å². The average Bonchev–Trinajstić information content (AvgIpc) is 3.24. The topological polar surface area (TPSA) is 73.1 Å². The zero-order chi connectivity index (χ0) is 24.7. The van der Waals surface area contributed by atoms with Crippen molar-refractivity contribution in [2.75, 3.05) is 5.32 Å². The summed E-state index contributed by atoms with van der Waals surface area (Å²) in [5, 5.41) is 3.98. The van der Waals surface area contributed by atoms with Gasteiger partial charge in [-0.1, -0.05) is 48.0 Å². The Bertz CT molecular complexity index is 1550. The molecule has 0 fully saturated rings. The summed E-state index contributed by atoms with van der Waals surface area (Å²) >= 11 is 7.68. The number of nitrogens with one attached hydrogen (secondary N) is 1. The van der Waals surface area contributed by atoms with Crippen LogP contribution in [0.25, 0.3) is 10.2 Å². The van der Waals surface area contributed by atoms with Crippen LogP contribution in [0, 0.1) is 6.92 Å². The van der Waals surface area contributed by atoms with E-state index in [1.807, 2.05) is 50.2 Å². The van der Waals surface area contributed by atoms with Gasteiger partial charge >= 0.3 is 5.69 Å². The maximum atomic E-state index is 13.7. The van der Waals surface area contributed by atoms with Gasteiger partial charge in [-0.15, -0.1) is 11.3 Å². The molecule has 1 atom stereocenters. The van der Waals surface area contributed by atoms with Crippen LogP contribution in [0.2, 0.25) is 5.02 Å². The molecule has 2 aromatic heterocycles. The monoisotopic (exact) mass is 507 g/mol. The number of aryl methyl sites for hydroxylation is 3. The van der Waals surface area contributed by atoms with Crippen molar-refractivity contribution < 1.29 is 4.79 Å². The molecule has 0 spiro atoms. The molecule has 0 aliphatic heterocycles. The van der Waals surface area contributed by atoms with Crippen LogP contribution in [-0.4, -0.2) is 15.0 Å². The minimum Gasteiger partial charge on any atom is -0.324 e. The Kier molecular flexibility index (Phi) is 6.38. The van der Waals surface area contributed by atoms with Crippen molar-refractivity contribution in [1.82, 2.24) is 9.13 Å². The number of anilines is 1. The van der Waals surface area contributed by atoms with Crippen molar-refractivity contribution in [3.8, 4) is 0 Å². The van der Waals surface area contributed by atoms with E-state index < -0.39 is 11.7 Å². The van der Waals surface area contributed by atoms with E-state index in [1.54, 1.807) is 12.1 Å². The fourth-order valence-electron chi connectivity index (χ4n) is 4.76. The lowest BCUT2D eigenvalue weighted by Gasteiger charge is -2.18. The zero-order valence-electron chi connectivity index (χ0n) is 19.6. The van der Waals surface area contributed by atoms with Crippen LogP contribution >= 0.6 is 22.9 Å². The molecule has 2 heterocycles. The zero-order valence-corrected chi connectivity index (χ0v) is 21.2. The highest BCUT2D eigenvalue weighted by molar-refractivity contribution is 7.18. The number of hydrogen-bond donors (Lipinski definition) is 1. The summed E-state index contributed by atoms with van der Waals surface area (Å²) in [5.41, 5.74) is 2.62. The smallest absolute Gasteiger partial charge is 0.324 e. The summed E-state index contributed by atoms with van der Waals surface area (Å²) in [7, 11) is 0. The lowest BCUT2D eigenvalue weighted by atomic mass is 9.97. The molecule has 0 radical (unpaired) electrons. The first-order valence-corrected chi connectivity index (χ1v) is 12.9. The lowest BCUT2D eigenvalue weighted by molar-refractivity contribution is -0.116. The van der Waals surface area contributed by atoms with Crippen molar-refractivity contribution in [3.05, 3.63) is 96.0 Å². The molecule has 1 aliphatic rings. The van der Waals surface area contributed by atoms with Gasteiger partial charge in [0, 0.05) is 15.6 Å². The van der Waals surface area contributed by atoms with Crippen molar-refractivity contribution in [2.24, 2.45) is 0 Å². The molecule has 6 nitrogen and oxygen atoms in total. The minimum absolute atomic E-state index is 0.192. The molecule has 0 saturated heterocycles. The van der Waals surface area contributed by atoms with Gasteiger partial charge in [0.1, 0.15) is 11.4 Å². The standard InChI is InChI=1S/C27H26ClN3O3S/c1-16-12-13-19(14-21(16)28)29-23(32)15-30-26-24(20-10-6-7-11-22(20)35-26)25(33)31(27(30)34)17(2)18-8-4-3-5-9-18/h3-5,8-9,12-14,17H,6-7,10-11,15H2,1-2H3,(H,29,32). The second kappa shape index (κ2) is 9.47. The van der Waals surface area contributed by atoms with Crippen LogP contribution in [0.5, 0.6) is 0 Å². The molecule has 1 amide bonds. The number of carbonyl (C=O) groups is 1. The molecule has 180 valence electrons. The lowest BCUT2D eigenvalue weighted by Crippen LogP contribution is -2.43. The van der Waals surface area contributed by atoms with Crippen molar-refractivity contribution in [3.63, 3.8) is 0 Å². The highest BCUT2D eigenvalue weighted by atomic mass is 35.5. The molecule has 8 heteroatoms. The number of aromatic nitrogens is 2. The van der Waals surface area contributed by atoms with E-state index in [0.29, 0.717) is 20.9 Å². The number of thiophene rings is 1. The van der Waals surface area contributed by atoms with Crippen LogP contribution in [0.15, 0.2) is 58.1 Å². The van der Waals surface area contributed by atoms with Crippen LogP contribution in [0.3, 0.4) is 0 Å². The maximum absolute atomic E-state index is 13.7. The summed E-state index contributed by atoms with van der Waals surface area (Å²) in [6.45, 7) is 3.55. The van der Waals surface area contributed by atoms with Crippen molar-refractivity contribution >= 4 is 44.7 Å². The molecular formula is C27H26ClN3O3S. The van der Waals surface area contributed by atoms with E-state index in [9.17, 15) is 14.4 Å². The first-order valence-electron chi connectivity index (χ1n) is 11.8. The van der Waals surface area contributed by atoms with E-state index in [1.165, 1.54) is 20.5 Å². The van der Waals surface area contributed by atoms with Gasteiger partial charge in [-0.05, 0) is 68.4 Å². The number of benzene rings is 2.